The van der Waals surface area contributed by atoms with Gasteiger partial charge in [0.15, 0.2) is 0 Å². The SMILES string of the molecule is CCN(C)CCN(CC)CC=O. The number of carbonyl (C=O) groups is 1. The summed E-state index contributed by atoms with van der Waals surface area (Å²) in [5.74, 6) is 0. The molecule has 0 atom stereocenters. The van der Waals surface area contributed by atoms with E-state index in [1.165, 1.54) is 0 Å². The van der Waals surface area contributed by atoms with Gasteiger partial charge >= 0.3 is 0 Å². The Hall–Kier alpha value is -0.410. The molecule has 3 heteroatoms. The summed E-state index contributed by atoms with van der Waals surface area (Å²) in [6, 6.07) is 0. The summed E-state index contributed by atoms with van der Waals surface area (Å²) in [6.45, 7) is 8.83. The maximum Gasteiger partial charge on any atom is 0.133 e. The van der Waals surface area contributed by atoms with E-state index in [-0.39, 0.29) is 0 Å². The van der Waals surface area contributed by atoms with Crippen molar-refractivity contribution >= 4 is 6.29 Å². The van der Waals surface area contributed by atoms with Crippen LogP contribution in [0.1, 0.15) is 13.8 Å². The van der Waals surface area contributed by atoms with Crippen LogP contribution in [0.4, 0.5) is 0 Å². The first kappa shape index (κ1) is 11.6. The van der Waals surface area contributed by atoms with Crippen molar-refractivity contribution in [3.8, 4) is 0 Å². The predicted molar refractivity (Wildman–Crippen MR) is 51.3 cm³/mol. The Morgan fingerprint density at radius 2 is 1.83 bits per heavy atom. The van der Waals surface area contributed by atoms with E-state index >= 15 is 0 Å². The van der Waals surface area contributed by atoms with Crippen molar-refractivity contribution in [1.82, 2.24) is 9.80 Å². The van der Waals surface area contributed by atoms with Crippen molar-refractivity contribution in [2.45, 2.75) is 13.8 Å². The van der Waals surface area contributed by atoms with Crippen molar-refractivity contribution in [3.05, 3.63) is 0 Å². The molecule has 0 aromatic heterocycles. The second-order valence-electron chi connectivity index (χ2n) is 2.96. The molecule has 0 saturated carbocycles. The van der Waals surface area contributed by atoms with Crippen LogP contribution in [-0.4, -0.2) is 55.9 Å². The van der Waals surface area contributed by atoms with Crippen LogP contribution in [0.25, 0.3) is 0 Å². The highest BCUT2D eigenvalue weighted by atomic mass is 16.1. The molecule has 0 aliphatic carbocycles. The fourth-order valence-corrected chi connectivity index (χ4v) is 0.954. The summed E-state index contributed by atoms with van der Waals surface area (Å²) in [5.41, 5.74) is 0. The predicted octanol–water partition coefficient (Wildman–Crippen LogP) is 0.459. The van der Waals surface area contributed by atoms with Crippen LogP contribution in [0, 0.1) is 0 Å². The number of aldehydes is 1. The third-order valence-corrected chi connectivity index (χ3v) is 2.12. The molecule has 72 valence electrons. The van der Waals surface area contributed by atoms with Gasteiger partial charge < -0.3 is 9.69 Å². The van der Waals surface area contributed by atoms with E-state index in [9.17, 15) is 4.79 Å². The molecule has 0 bridgehead atoms. The highest BCUT2D eigenvalue weighted by Gasteiger charge is 2.01. The number of likely N-dealkylation sites (N-methyl/N-ethyl adjacent to an activating group) is 2. The van der Waals surface area contributed by atoms with Crippen molar-refractivity contribution in [2.24, 2.45) is 0 Å². The lowest BCUT2D eigenvalue weighted by Crippen LogP contribution is -2.34. The molecule has 0 fully saturated rings. The molecule has 0 aliphatic heterocycles. The summed E-state index contributed by atoms with van der Waals surface area (Å²) in [6.07, 6.45) is 0.968. The third-order valence-electron chi connectivity index (χ3n) is 2.12. The molecule has 0 spiro atoms. The minimum Gasteiger partial charge on any atom is -0.305 e. The first-order valence-electron chi connectivity index (χ1n) is 4.59. The van der Waals surface area contributed by atoms with Crippen LogP contribution in [0.15, 0.2) is 0 Å². The van der Waals surface area contributed by atoms with Gasteiger partial charge in [0.05, 0.1) is 6.54 Å². The van der Waals surface area contributed by atoms with Gasteiger partial charge in [-0.15, -0.1) is 0 Å². The fraction of sp³-hybridized carbons (Fsp3) is 0.889. The number of carbonyl (C=O) groups excluding carboxylic acids is 1. The lowest BCUT2D eigenvalue weighted by molar-refractivity contribution is -0.108. The minimum atomic E-state index is 0.564. The molecule has 3 nitrogen and oxygen atoms in total. The van der Waals surface area contributed by atoms with E-state index in [1.807, 2.05) is 0 Å². The molecular weight excluding hydrogens is 152 g/mol. The van der Waals surface area contributed by atoms with Gasteiger partial charge in [-0.2, -0.15) is 0 Å². The van der Waals surface area contributed by atoms with E-state index in [0.717, 1.165) is 32.5 Å². The van der Waals surface area contributed by atoms with Crippen molar-refractivity contribution in [3.63, 3.8) is 0 Å². The highest BCUT2D eigenvalue weighted by molar-refractivity contribution is 5.51. The number of hydrogen-bond acceptors (Lipinski definition) is 3. The lowest BCUT2D eigenvalue weighted by atomic mass is 10.4. The van der Waals surface area contributed by atoms with Crippen molar-refractivity contribution in [1.29, 1.82) is 0 Å². The van der Waals surface area contributed by atoms with Gasteiger partial charge in [0, 0.05) is 13.1 Å². The summed E-state index contributed by atoms with van der Waals surface area (Å²) >= 11 is 0. The second kappa shape index (κ2) is 7.25. The van der Waals surface area contributed by atoms with Gasteiger partial charge in [0.2, 0.25) is 0 Å². The Bertz CT molecular complexity index is 117. The average Bonchev–Trinajstić information content (AvgIpc) is 2.11. The van der Waals surface area contributed by atoms with Crippen LogP contribution in [0.5, 0.6) is 0 Å². The molecule has 0 heterocycles. The first-order chi connectivity index (χ1) is 5.74. The number of hydrogen-bond donors (Lipinski definition) is 0. The van der Waals surface area contributed by atoms with Crippen LogP contribution >= 0.6 is 0 Å². The second-order valence-corrected chi connectivity index (χ2v) is 2.96. The Morgan fingerprint density at radius 1 is 1.17 bits per heavy atom. The zero-order valence-corrected chi connectivity index (χ0v) is 8.42. The zero-order chi connectivity index (χ0) is 9.40. The standard InChI is InChI=1S/C9H20N2O/c1-4-10(3)6-7-11(5-2)8-9-12/h9H,4-8H2,1-3H3. The van der Waals surface area contributed by atoms with Crippen molar-refractivity contribution < 1.29 is 4.79 Å². The summed E-state index contributed by atoms with van der Waals surface area (Å²) < 4.78 is 0. The molecule has 0 N–H and O–H groups in total. The maximum atomic E-state index is 10.2. The maximum absolute atomic E-state index is 10.2. The Kier molecular flexibility index (Phi) is 7.00. The minimum absolute atomic E-state index is 0.564. The molecule has 0 amide bonds. The van der Waals surface area contributed by atoms with Crippen molar-refractivity contribution in [2.75, 3.05) is 39.8 Å². The smallest absolute Gasteiger partial charge is 0.133 e. The highest BCUT2D eigenvalue weighted by Crippen LogP contribution is 1.87. The zero-order valence-electron chi connectivity index (χ0n) is 8.42. The Balaban J connectivity index is 3.49. The van der Waals surface area contributed by atoms with Gasteiger partial charge in [0.25, 0.3) is 0 Å². The molecule has 0 saturated heterocycles. The monoisotopic (exact) mass is 172 g/mol. The van der Waals surface area contributed by atoms with Gasteiger partial charge in [-0.25, -0.2) is 0 Å². The topological polar surface area (TPSA) is 23.6 Å². The first-order valence-corrected chi connectivity index (χ1v) is 4.59. The van der Waals surface area contributed by atoms with E-state index in [2.05, 4.69) is 30.7 Å². The quantitative estimate of drug-likeness (QED) is 0.521. The summed E-state index contributed by atoms with van der Waals surface area (Å²) in [4.78, 5) is 14.6. The molecule has 0 rings (SSSR count). The van der Waals surface area contributed by atoms with Crippen LogP contribution in [0.3, 0.4) is 0 Å². The van der Waals surface area contributed by atoms with Crippen LogP contribution < -0.4 is 0 Å². The van der Waals surface area contributed by atoms with E-state index in [4.69, 9.17) is 0 Å². The molecule has 0 unspecified atom stereocenters. The van der Waals surface area contributed by atoms with Crippen LogP contribution in [-0.2, 0) is 4.79 Å². The fourth-order valence-electron chi connectivity index (χ4n) is 0.954. The molecular formula is C9H20N2O. The Morgan fingerprint density at radius 3 is 2.25 bits per heavy atom. The molecule has 0 aromatic carbocycles. The normalized spacial score (nSPS) is 11.1. The molecule has 12 heavy (non-hydrogen) atoms. The largest absolute Gasteiger partial charge is 0.305 e. The number of nitrogens with zero attached hydrogens (tertiary/aromatic N) is 2. The summed E-state index contributed by atoms with van der Waals surface area (Å²) in [5, 5.41) is 0. The average molecular weight is 172 g/mol. The van der Waals surface area contributed by atoms with Gasteiger partial charge in [0.1, 0.15) is 6.29 Å². The van der Waals surface area contributed by atoms with E-state index in [1.54, 1.807) is 0 Å². The molecule has 0 aromatic rings. The van der Waals surface area contributed by atoms with Gasteiger partial charge in [-0.1, -0.05) is 13.8 Å². The lowest BCUT2D eigenvalue weighted by Gasteiger charge is -2.21. The molecule has 0 aliphatic rings. The number of rotatable bonds is 7. The van der Waals surface area contributed by atoms with E-state index < -0.39 is 0 Å². The Labute approximate surface area is 75.3 Å². The van der Waals surface area contributed by atoms with E-state index in [0.29, 0.717) is 6.54 Å². The van der Waals surface area contributed by atoms with Gasteiger partial charge in [-0.05, 0) is 20.1 Å². The van der Waals surface area contributed by atoms with Crippen LogP contribution in [0.2, 0.25) is 0 Å². The van der Waals surface area contributed by atoms with Gasteiger partial charge in [-0.3, -0.25) is 4.90 Å². The third kappa shape index (κ3) is 5.27. The molecule has 0 radical (unpaired) electrons. The summed E-state index contributed by atoms with van der Waals surface area (Å²) in [7, 11) is 2.09.